The average Bonchev–Trinajstić information content (AvgIpc) is 2.72. The Morgan fingerprint density at radius 3 is 2.86 bits per heavy atom. The van der Waals surface area contributed by atoms with Gasteiger partial charge in [0.2, 0.25) is 0 Å². The van der Waals surface area contributed by atoms with Crippen LogP contribution in [0.25, 0.3) is 0 Å². The molecular formula is C17H24N4. The molecule has 2 aliphatic heterocycles. The van der Waals surface area contributed by atoms with E-state index >= 15 is 0 Å². The topological polar surface area (TPSA) is 54.0 Å². The zero-order chi connectivity index (χ0) is 14.7. The van der Waals surface area contributed by atoms with Crippen LogP contribution in [-0.2, 0) is 0 Å². The molecule has 0 aromatic heterocycles. The molecule has 4 heteroatoms. The Hall–Kier alpha value is -1.84. The Balaban J connectivity index is 1.65. The van der Waals surface area contributed by atoms with E-state index in [-0.39, 0.29) is 0 Å². The van der Waals surface area contributed by atoms with E-state index in [2.05, 4.69) is 36.2 Å². The molecule has 0 saturated heterocycles. The lowest BCUT2D eigenvalue weighted by Crippen LogP contribution is -2.23. The first-order chi connectivity index (χ1) is 10.2. The summed E-state index contributed by atoms with van der Waals surface area (Å²) in [6.45, 7) is 3.10. The summed E-state index contributed by atoms with van der Waals surface area (Å²) in [7, 11) is 0. The molecule has 1 aromatic carbocycles. The SMILES string of the molecule is CC1=NN(c2ccccc2)CC1CC1CCCCC(N)=N1. The molecule has 1 aromatic rings. The minimum absolute atomic E-state index is 0.373. The van der Waals surface area contributed by atoms with E-state index in [0.717, 1.165) is 31.6 Å². The Kier molecular flexibility index (Phi) is 4.23. The highest BCUT2D eigenvalue weighted by Gasteiger charge is 2.27. The van der Waals surface area contributed by atoms with Crippen molar-refractivity contribution < 1.29 is 0 Å². The van der Waals surface area contributed by atoms with Gasteiger partial charge in [-0.3, -0.25) is 10.0 Å². The fourth-order valence-corrected chi connectivity index (χ4v) is 3.21. The zero-order valence-corrected chi connectivity index (χ0v) is 12.7. The van der Waals surface area contributed by atoms with E-state index in [1.807, 2.05) is 6.07 Å². The van der Waals surface area contributed by atoms with Crippen molar-refractivity contribution >= 4 is 17.2 Å². The van der Waals surface area contributed by atoms with Crippen LogP contribution in [0, 0.1) is 5.92 Å². The van der Waals surface area contributed by atoms with Crippen molar-refractivity contribution in [3.8, 4) is 0 Å². The van der Waals surface area contributed by atoms with Crippen molar-refractivity contribution in [2.45, 2.75) is 45.1 Å². The third-order valence-electron chi connectivity index (χ3n) is 4.44. The average molecular weight is 284 g/mol. The number of anilines is 1. The van der Waals surface area contributed by atoms with Gasteiger partial charge in [0.25, 0.3) is 0 Å². The van der Waals surface area contributed by atoms with Crippen molar-refractivity contribution in [2.24, 2.45) is 21.7 Å². The number of rotatable bonds is 3. The molecule has 2 unspecified atom stereocenters. The van der Waals surface area contributed by atoms with E-state index < -0.39 is 0 Å². The first-order valence-electron chi connectivity index (χ1n) is 7.92. The third kappa shape index (κ3) is 3.43. The molecule has 2 heterocycles. The molecule has 0 radical (unpaired) electrons. The number of nitrogens with two attached hydrogens (primary N) is 1. The maximum Gasteiger partial charge on any atom is 0.0940 e. The fourth-order valence-electron chi connectivity index (χ4n) is 3.21. The number of para-hydroxylation sites is 1. The number of hydrazone groups is 1. The van der Waals surface area contributed by atoms with E-state index in [4.69, 9.17) is 15.8 Å². The van der Waals surface area contributed by atoms with Gasteiger partial charge in [-0.2, -0.15) is 5.10 Å². The molecule has 4 nitrogen and oxygen atoms in total. The molecule has 2 N–H and O–H groups in total. The van der Waals surface area contributed by atoms with Gasteiger partial charge in [0, 0.05) is 24.6 Å². The number of nitrogens with zero attached hydrogens (tertiary/aromatic N) is 3. The highest BCUT2D eigenvalue weighted by Crippen LogP contribution is 2.27. The van der Waals surface area contributed by atoms with Gasteiger partial charge in [-0.1, -0.05) is 24.6 Å². The summed E-state index contributed by atoms with van der Waals surface area (Å²) in [6.07, 6.45) is 5.61. The molecule has 0 fully saturated rings. The fraction of sp³-hybridized carbons (Fsp3) is 0.529. The second-order valence-corrected chi connectivity index (χ2v) is 6.11. The predicted molar refractivity (Wildman–Crippen MR) is 88.9 cm³/mol. The summed E-state index contributed by atoms with van der Waals surface area (Å²) in [5.41, 5.74) is 8.35. The Morgan fingerprint density at radius 1 is 1.24 bits per heavy atom. The van der Waals surface area contributed by atoms with Crippen LogP contribution in [-0.4, -0.2) is 24.1 Å². The van der Waals surface area contributed by atoms with Gasteiger partial charge in [-0.25, -0.2) is 0 Å². The molecule has 3 rings (SSSR count). The molecule has 0 bridgehead atoms. The first kappa shape index (κ1) is 14.1. The number of hydrogen-bond donors (Lipinski definition) is 1. The van der Waals surface area contributed by atoms with E-state index in [1.165, 1.54) is 24.2 Å². The smallest absolute Gasteiger partial charge is 0.0940 e. The Bertz CT molecular complexity index is 535. The van der Waals surface area contributed by atoms with Crippen LogP contribution in [0.3, 0.4) is 0 Å². The maximum absolute atomic E-state index is 5.96. The quantitative estimate of drug-likeness (QED) is 0.926. The zero-order valence-electron chi connectivity index (χ0n) is 12.7. The largest absolute Gasteiger partial charge is 0.387 e. The lowest BCUT2D eigenvalue weighted by Gasteiger charge is -2.18. The predicted octanol–water partition coefficient (Wildman–Crippen LogP) is 3.19. The van der Waals surface area contributed by atoms with Gasteiger partial charge >= 0.3 is 0 Å². The minimum Gasteiger partial charge on any atom is -0.387 e. The second-order valence-electron chi connectivity index (χ2n) is 6.11. The van der Waals surface area contributed by atoms with Crippen LogP contribution >= 0.6 is 0 Å². The first-order valence-corrected chi connectivity index (χ1v) is 7.92. The summed E-state index contributed by atoms with van der Waals surface area (Å²) >= 11 is 0. The van der Waals surface area contributed by atoms with Crippen LogP contribution in [0.1, 0.15) is 39.0 Å². The Morgan fingerprint density at radius 2 is 2.05 bits per heavy atom. The van der Waals surface area contributed by atoms with Crippen LogP contribution < -0.4 is 10.7 Å². The summed E-state index contributed by atoms with van der Waals surface area (Å²) < 4.78 is 0. The Labute approximate surface area is 126 Å². The molecule has 0 amide bonds. The molecule has 2 atom stereocenters. The molecule has 0 aliphatic carbocycles. The molecule has 2 aliphatic rings. The van der Waals surface area contributed by atoms with Crippen molar-refractivity contribution in [1.82, 2.24) is 0 Å². The van der Waals surface area contributed by atoms with Crippen LogP contribution in [0.4, 0.5) is 5.69 Å². The lowest BCUT2D eigenvalue weighted by atomic mass is 9.94. The normalized spacial score (nSPS) is 26.2. The van der Waals surface area contributed by atoms with Gasteiger partial charge in [0.15, 0.2) is 0 Å². The van der Waals surface area contributed by atoms with Crippen molar-refractivity contribution in [1.29, 1.82) is 0 Å². The van der Waals surface area contributed by atoms with Gasteiger partial charge in [-0.15, -0.1) is 0 Å². The summed E-state index contributed by atoms with van der Waals surface area (Å²) in [5, 5.41) is 6.83. The van der Waals surface area contributed by atoms with Crippen molar-refractivity contribution in [2.75, 3.05) is 11.6 Å². The number of amidine groups is 1. The summed E-state index contributed by atoms with van der Waals surface area (Å²) in [5.74, 6) is 1.33. The van der Waals surface area contributed by atoms with Crippen LogP contribution in [0.15, 0.2) is 40.4 Å². The van der Waals surface area contributed by atoms with Gasteiger partial charge in [0.05, 0.1) is 17.6 Å². The minimum atomic E-state index is 0.373. The highest BCUT2D eigenvalue weighted by atomic mass is 15.5. The molecule has 21 heavy (non-hydrogen) atoms. The van der Waals surface area contributed by atoms with Crippen LogP contribution in [0.5, 0.6) is 0 Å². The van der Waals surface area contributed by atoms with Gasteiger partial charge in [-0.05, 0) is 38.3 Å². The number of aliphatic imine (C=N–C) groups is 1. The second kappa shape index (κ2) is 6.29. The maximum atomic E-state index is 5.96. The molecule has 112 valence electrons. The monoisotopic (exact) mass is 284 g/mol. The third-order valence-corrected chi connectivity index (χ3v) is 4.44. The molecular weight excluding hydrogens is 260 g/mol. The number of benzene rings is 1. The van der Waals surface area contributed by atoms with Gasteiger partial charge < -0.3 is 5.73 Å². The van der Waals surface area contributed by atoms with Gasteiger partial charge in [0.1, 0.15) is 0 Å². The van der Waals surface area contributed by atoms with Crippen molar-refractivity contribution in [3.63, 3.8) is 0 Å². The van der Waals surface area contributed by atoms with E-state index in [1.54, 1.807) is 0 Å². The van der Waals surface area contributed by atoms with Crippen LogP contribution in [0.2, 0.25) is 0 Å². The summed E-state index contributed by atoms with van der Waals surface area (Å²) in [4.78, 5) is 4.69. The number of hydrogen-bond acceptors (Lipinski definition) is 4. The van der Waals surface area contributed by atoms with E-state index in [9.17, 15) is 0 Å². The molecule has 0 spiro atoms. The highest BCUT2D eigenvalue weighted by molar-refractivity contribution is 5.88. The van der Waals surface area contributed by atoms with Crippen molar-refractivity contribution in [3.05, 3.63) is 30.3 Å². The van der Waals surface area contributed by atoms with E-state index in [0.29, 0.717) is 12.0 Å². The lowest BCUT2D eigenvalue weighted by molar-refractivity contribution is 0.500. The summed E-state index contributed by atoms with van der Waals surface area (Å²) in [6, 6.07) is 10.8. The molecule has 0 saturated carbocycles. The standard InChI is InChI=1S/C17H24N4/c1-13-14(11-15-7-5-6-10-17(18)19-15)12-21(20-13)16-8-3-2-4-9-16/h2-4,8-9,14-15H,5-7,10-12H2,1H3,(H2,18,19).